The lowest BCUT2D eigenvalue weighted by atomic mass is 10.0. The van der Waals surface area contributed by atoms with E-state index in [0.717, 1.165) is 6.54 Å². The molecule has 3 N–H and O–H groups in total. The number of carbonyl (C=O) groups is 1. The minimum Gasteiger partial charge on any atom is -0.444 e. The molecule has 2 atom stereocenters. The van der Waals surface area contributed by atoms with Crippen LogP contribution in [0.4, 0.5) is 4.79 Å². The van der Waals surface area contributed by atoms with Gasteiger partial charge in [0, 0.05) is 59.9 Å². The van der Waals surface area contributed by atoms with Crippen molar-refractivity contribution in [1.82, 2.24) is 10.2 Å². The number of nitrogens with zero attached hydrogens (tertiary/aromatic N) is 1. The van der Waals surface area contributed by atoms with Gasteiger partial charge in [0.25, 0.3) is 0 Å². The van der Waals surface area contributed by atoms with Crippen LogP contribution in [0.3, 0.4) is 0 Å². The van der Waals surface area contributed by atoms with E-state index in [4.69, 9.17) is 23.7 Å². The molecule has 10 nitrogen and oxygen atoms in total. The van der Waals surface area contributed by atoms with Gasteiger partial charge in [0.1, 0.15) is 16.8 Å². The monoisotopic (exact) mass is 466 g/mol. The largest absolute Gasteiger partial charge is 0.444 e. The SMILES string of the molecule is C.COCCC1(O)CNCCOC1.COCCC1(O)COCCN(C(=O)OC(C)(C)C)C1. The van der Waals surface area contributed by atoms with Gasteiger partial charge < -0.3 is 44.1 Å². The molecule has 2 aliphatic rings. The van der Waals surface area contributed by atoms with Crippen molar-refractivity contribution in [2.24, 2.45) is 0 Å². The minimum atomic E-state index is -1.08. The summed E-state index contributed by atoms with van der Waals surface area (Å²) in [5.74, 6) is 0. The highest BCUT2D eigenvalue weighted by molar-refractivity contribution is 5.68. The first-order valence-corrected chi connectivity index (χ1v) is 10.8. The third kappa shape index (κ3) is 12.9. The number of carbonyl (C=O) groups excluding carboxylic acids is 1. The molecule has 0 bridgehead atoms. The summed E-state index contributed by atoms with van der Waals surface area (Å²) in [7, 11) is 3.21. The Hall–Kier alpha value is -1.01. The average molecular weight is 467 g/mol. The maximum absolute atomic E-state index is 12.0. The van der Waals surface area contributed by atoms with Crippen LogP contribution in [-0.4, -0.2) is 118 Å². The third-order valence-electron chi connectivity index (χ3n) is 4.80. The first kappa shape index (κ1) is 31.0. The van der Waals surface area contributed by atoms with Crippen molar-refractivity contribution in [3.8, 4) is 0 Å². The van der Waals surface area contributed by atoms with Gasteiger partial charge >= 0.3 is 6.09 Å². The molecule has 0 aliphatic carbocycles. The van der Waals surface area contributed by atoms with Crippen LogP contribution in [-0.2, 0) is 23.7 Å². The average Bonchev–Trinajstić information content (AvgIpc) is 3.03. The summed E-state index contributed by atoms with van der Waals surface area (Å²) in [6.07, 6.45) is 0.619. The van der Waals surface area contributed by atoms with Gasteiger partial charge in [0.05, 0.1) is 33.0 Å². The van der Waals surface area contributed by atoms with Gasteiger partial charge in [-0.05, 0) is 20.8 Å². The van der Waals surface area contributed by atoms with E-state index < -0.39 is 22.9 Å². The fraction of sp³-hybridized carbons (Fsp3) is 0.955. The van der Waals surface area contributed by atoms with E-state index in [2.05, 4.69) is 5.32 Å². The van der Waals surface area contributed by atoms with Crippen LogP contribution < -0.4 is 5.32 Å². The van der Waals surface area contributed by atoms with Gasteiger partial charge in [-0.1, -0.05) is 7.43 Å². The second-order valence-electron chi connectivity index (χ2n) is 9.12. The quantitative estimate of drug-likeness (QED) is 0.527. The molecule has 0 aromatic rings. The molecule has 192 valence electrons. The van der Waals surface area contributed by atoms with E-state index in [1.165, 1.54) is 4.90 Å². The lowest BCUT2D eigenvalue weighted by Gasteiger charge is -2.32. The first-order chi connectivity index (χ1) is 14.5. The summed E-state index contributed by atoms with van der Waals surface area (Å²) < 4.78 is 25.8. The second kappa shape index (κ2) is 15.0. The highest BCUT2D eigenvalue weighted by Gasteiger charge is 2.35. The van der Waals surface area contributed by atoms with Crippen LogP contribution in [0.5, 0.6) is 0 Å². The molecule has 2 unspecified atom stereocenters. The number of methoxy groups -OCH3 is 2. The van der Waals surface area contributed by atoms with E-state index in [-0.39, 0.29) is 20.6 Å². The number of ether oxygens (including phenoxy) is 5. The van der Waals surface area contributed by atoms with E-state index >= 15 is 0 Å². The zero-order chi connectivity index (χ0) is 23.4. The molecule has 2 rings (SSSR count). The standard InChI is InChI=1S/C13H25NO5.C8H17NO3.CH4/c1-12(2,3)19-11(15)14-6-8-18-10-13(16,9-14)5-7-17-4;1-11-4-2-8(10)6-9-3-5-12-7-8;/h16H,5-10H2,1-4H3;9-10H,2-7H2,1H3;1H4. The molecule has 2 aliphatic heterocycles. The van der Waals surface area contributed by atoms with E-state index in [0.29, 0.717) is 59.0 Å². The zero-order valence-corrected chi connectivity index (χ0v) is 19.8. The zero-order valence-electron chi connectivity index (χ0n) is 19.8. The van der Waals surface area contributed by atoms with Crippen LogP contribution in [0.15, 0.2) is 0 Å². The van der Waals surface area contributed by atoms with Gasteiger partial charge in [0.2, 0.25) is 0 Å². The molecule has 0 saturated carbocycles. The second-order valence-corrected chi connectivity index (χ2v) is 9.12. The fourth-order valence-corrected chi connectivity index (χ4v) is 3.07. The van der Waals surface area contributed by atoms with Gasteiger partial charge in [-0.3, -0.25) is 0 Å². The summed E-state index contributed by atoms with van der Waals surface area (Å²) in [4.78, 5) is 13.5. The summed E-state index contributed by atoms with van der Waals surface area (Å²) in [5, 5.41) is 23.5. The Morgan fingerprint density at radius 1 is 1.03 bits per heavy atom. The molecule has 0 radical (unpaired) electrons. The Morgan fingerprint density at radius 3 is 2.19 bits per heavy atom. The van der Waals surface area contributed by atoms with Crippen LogP contribution in [0.1, 0.15) is 41.0 Å². The molecular weight excluding hydrogens is 420 g/mol. The Kier molecular flexibility index (Phi) is 14.5. The summed E-state index contributed by atoms with van der Waals surface area (Å²) in [5.41, 5.74) is -2.37. The number of aliphatic hydroxyl groups is 2. The van der Waals surface area contributed by atoms with Crippen molar-refractivity contribution in [2.45, 2.75) is 57.8 Å². The number of β-amino-alcohol motifs (C(OH)–C–C–N with tert-alkyl or cyclic N) is 2. The van der Waals surface area contributed by atoms with Crippen LogP contribution in [0.2, 0.25) is 0 Å². The molecule has 2 heterocycles. The summed E-state index contributed by atoms with van der Waals surface area (Å²) in [6.45, 7) is 10.1. The predicted octanol–water partition coefficient (Wildman–Crippen LogP) is 1.03. The molecule has 0 aromatic heterocycles. The Bertz CT molecular complexity index is 507. The van der Waals surface area contributed by atoms with Crippen LogP contribution >= 0.6 is 0 Å². The van der Waals surface area contributed by atoms with Crippen molar-refractivity contribution in [3.05, 3.63) is 0 Å². The molecule has 10 heteroatoms. The summed E-state index contributed by atoms with van der Waals surface area (Å²) in [6, 6.07) is 0. The lowest BCUT2D eigenvalue weighted by molar-refractivity contribution is -0.0560. The van der Waals surface area contributed by atoms with E-state index in [9.17, 15) is 15.0 Å². The van der Waals surface area contributed by atoms with Crippen molar-refractivity contribution in [1.29, 1.82) is 0 Å². The van der Waals surface area contributed by atoms with Crippen molar-refractivity contribution in [3.63, 3.8) is 0 Å². The van der Waals surface area contributed by atoms with Crippen LogP contribution in [0.25, 0.3) is 0 Å². The minimum absolute atomic E-state index is 0. The maximum Gasteiger partial charge on any atom is 0.410 e. The highest BCUT2D eigenvalue weighted by atomic mass is 16.6. The number of amides is 1. The van der Waals surface area contributed by atoms with Crippen LogP contribution in [0, 0.1) is 0 Å². The molecule has 2 fully saturated rings. The molecule has 2 saturated heterocycles. The Labute approximate surface area is 193 Å². The van der Waals surface area contributed by atoms with Crippen molar-refractivity contribution < 1.29 is 38.7 Å². The number of hydrogen-bond donors (Lipinski definition) is 3. The molecule has 1 amide bonds. The lowest BCUT2D eigenvalue weighted by Crippen LogP contribution is -2.48. The Morgan fingerprint density at radius 2 is 1.59 bits per heavy atom. The molecular formula is C22H46N2O8. The topological polar surface area (TPSA) is 119 Å². The predicted molar refractivity (Wildman–Crippen MR) is 122 cm³/mol. The first-order valence-electron chi connectivity index (χ1n) is 10.8. The Balaban J connectivity index is 0.000000639. The van der Waals surface area contributed by atoms with Crippen molar-refractivity contribution in [2.75, 3.05) is 80.0 Å². The number of nitrogens with one attached hydrogen (secondary N) is 1. The van der Waals surface area contributed by atoms with Gasteiger partial charge in [0.15, 0.2) is 0 Å². The van der Waals surface area contributed by atoms with Gasteiger partial charge in [-0.25, -0.2) is 4.79 Å². The number of rotatable bonds is 6. The smallest absolute Gasteiger partial charge is 0.410 e. The third-order valence-corrected chi connectivity index (χ3v) is 4.80. The van der Waals surface area contributed by atoms with E-state index in [1.807, 2.05) is 20.8 Å². The molecule has 0 spiro atoms. The normalized spacial score (nSPS) is 26.7. The molecule has 0 aromatic carbocycles. The maximum atomic E-state index is 12.0. The molecule has 32 heavy (non-hydrogen) atoms. The number of hydrogen-bond acceptors (Lipinski definition) is 9. The fourth-order valence-electron chi connectivity index (χ4n) is 3.07. The highest BCUT2D eigenvalue weighted by Crippen LogP contribution is 2.19. The summed E-state index contributed by atoms with van der Waals surface area (Å²) >= 11 is 0. The van der Waals surface area contributed by atoms with E-state index in [1.54, 1.807) is 14.2 Å². The van der Waals surface area contributed by atoms with Gasteiger partial charge in [-0.2, -0.15) is 0 Å². The van der Waals surface area contributed by atoms with Crippen molar-refractivity contribution >= 4 is 6.09 Å². The van der Waals surface area contributed by atoms with Gasteiger partial charge in [-0.15, -0.1) is 0 Å².